The summed E-state index contributed by atoms with van der Waals surface area (Å²) in [6.07, 6.45) is 8.29. The second-order valence-corrected chi connectivity index (χ2v) is 8.04. The molecular formula is C22H31N5. The zero-order valence-electron chi connectivity index (χ0n) is 16.7. The molecule has 1 aromatic carbocycles. The van der Waals surface area contributed by atoms with Crippen molar-refractivity contribution in [2.24, 2.45) is 10.9 Å². The van der Waals surface area contributed by atoms with Gasteiger partial charge < -0.3 is 14.8 Å². The number of nitrogens with one attached hydrogen (secondary N) is 1. The molecule has 5 heteroatoms. The summed E-state index contributed by atoms with van der Waals surface area (Å²) in [5, 5.41) is 3.77. The van der Waals surface area contributed by atoms with Gasteiger partial charge in [0, 0.05) is 44.0 Å². The van der Waals surface area contributed by atoms with Crippen LogP contribution in [0.3, 0.4) is 0 Å². The smallest absolute Gasteiger partial charge is 0.194 e. The van der Waals surface area contributed by atoms with Gasteiger partial charge in [0.05, 0.1) is 12.4 Å². The van der Waals surface area contributed by atoms with Crippen molar-refractivity contribution in [2.75, 3.05) is 19.6 Å². The maximum absolute atomic E-state index is 4.83. The molecule has 2 aromatic rings. The number of likely N-dealkylation sites (tertiary alicyclic amines) is 1. The van der Waals surface area contributed by atoms with Crippen LogP contribution in [0.1, 0.15) is 49.8 Å². The molecule has 2 fully saturated rings. The molecular weight excluding hydrogens is 334 g/mol. The van der Waals surface area contributed by atoms with Crippen molar-refractivity contribution >= 4 is 5.96 Å². The van der Waals surface area contributed by atoms with Gasteiger partial charge in [0.15, 0.2) is 5.96 Å². The molecule has 0 radical (unpaired) electrons. The summed E-state index contributed by atoms with van der Waals surface area (Å²) in [5.41, 5.74) is 2.88. The average molecular weight is 366 g/mol. The summed E-state index contributed by atoms with van der Waals surface area (Å²) in [5.74, 6) is 2.34. The zero-order valence-corrected chi connectivity index (χ0v) is 16.7. The third-order valence-corrected chi connectivity index (χ3v) is 6.13. The molecule has 1 saturated carbocycles. The Bertz CT molecular complexity index is 782. The fourth-order valence-electron chi connectivity index (χ4n) is 4.35. The zero-order chi connectivity index (χ0) is 18.8. The molecule has 0 spiro atoms. The minimum atomic E-state index is 0.455. The summed E-state index contributed by atoms with van der Waals surface area (Å²) in [7, 11) is 0. The van der Waals surface area contributed by atoms with Gasteiger partial charge in [-0.3, -0.25) is 4.99 Å². The number of aryl methyl sites for hydroxylation is 1. The predicted octanol–water partition coefficient (Wildman–Crippen LogP) is 3.60. The van der Waals surface area contributed by atoms with Crippen LogP contribution in [0.5, 0.6) is 0 Å². The van der Waals surface area contributed by atoms with Crippen molar-refractivity contribution in [3.63, 3.8) is 0 Å². The lowest BCUT2D eigenvalue weighted by Gasteiger charge is -2.39. The second-order valence-electron chi connectivity index (χ2n) is 8.04. The first kappa shape index (κ1) is 18.1. The number of aliphatic imine (C=N–C) groups is 1. The summed E-state index contributed by atoms with van der Waals surface area (Å²) in [6.45, 7) is 9.55. The van der Waals surface area contributed by atoms with Crippen LogP contribution in [0, 0.1) is 12.8 Å². The van der Waals surface area contributed by atoms with E-state index < -0.39 is 0 Å². The number of nitrogens with zero attached hydrogens (tertiary/aromatic N) is 4. The molecule has 0 amide bonds. The number of rotatable bonds is 4. The van der Waals surface area contributed by atoms with E-state index in [0.29, 0.717) is 23.9 Å². The molecule has 5 nitrogen and oxygen atoms in total. The standard InChI is InChI=1S/C22H31N5/c1-4-24-22(25-20-13-19(20)18-8-6-5-7-16(18)2)26-11-9-17(3)21(14-26)27-12-10-23-15-27/h5-8,10,12,15,17,19-21H,4,9,11,13-14H2,1-3H3,(H,24,25). The van der Waals surface area contributed by atoms with E-state index in [9.17, 15) is 0 Å². The maximum Gasteiger partial charge on any atom is 0.194 e. The molecule has 1 N–H and O–H groups in total. The lowest BCUT2D eigenvalue weighted by molar-refractivity contribution is 0.188. The van der Waals surface area contributed by atoms with Gasteiger partial charge in [-0.2, -0.15) is 0 Å². The van der Waals surface area contributed by atoms with E-state index in [1.807, 2.05) is 12.5 Å². The first-order valence-electron chi connectivity index (χ1n) is 10.3. The molecule has 0 bridgehead atoms. The third kappa shape index (κ3) is 3.87. The SMILES string of the molecule is CCN=C(NC1CC1c1ccccc1C)N1CCC(C)C(n2ccnc2)C1. The van der Waals surface area contributed by atoms with Gasteiger partial charge >= 0.3 is 0 Å². The Morgan fingerprint density at radius 2 is 2.19 bits per heavy atom. The van der Waals surface area contributed by atoms with E-state index in [2.05, 4.69) is 71.0 Å². The largest absolute Gasteiger partial charge is 0.353 e. The van der Waals surface area contributed by atoms with Crippen LogP contribution in [0.15, 0.2) is 48.0 Å². The Labute approximate surface area is 162 Å². The van der Waals surface area contributed by atoms with Gasteiger partial charge in [0.2, 0.25) is 0 Å². The molecule has 27 heavy (non-hydrogen) atoms. The van der Waals surface area contributed by atoms with Crippen LogP contribution >= 0.6 is 0 Å². The highest BCUT2D eigenvalue weighted by molar-refractivity contribution is 5.81. The fraction of sp³-hybridized carbons (Fsp3) is 0.545. The van der Waals surface area contributed by atoms with Crippen LogP contribution in [-0.4, -0.2) is 46.1 Å². The minimum absolute atomic E-state index is 0.455. The highest BCUT2D eigenvalue weighted by Gasteiger charge is 2.41. The molecule has 1 aliphatic heterocycles. The Kier molecular flexibility index (Phi) is 5.19. The van der Waals surface area contributed by atoms with Gasteiger partial charge in [0.25, 0.3) is 0 Å². The van der Waals surface area contributed by atoms with Gasteiger partial charge in [-0.25, -0.2) is 4.98 Å². The number of piperidine rings is 1. The molecule has 1 aromatic heterocycles. The topological polar surface area (TPSA) is 45.5 Å². The summed E-state index contributed by atoms with van der Waals surface area (Å²) in [6, 6.07) is 9.72. The van der Waals surface area contributed by atoms with Gasteiger partial charge in [0.1, 0.15) is 0 Å². The Morgan fingerprint density at radius 1 is 1.33 bits per heavy atom. The van der Waals surface area contributed by atoms with Crippen LogP contribution in [-0.2, 0) is 0 Å². The van der Waals surface area contributed by atoms with Crippen molar-refractivity contribution in [2.45, 2.75) is 51.6 Å². The Balaban J connectivity index is 1.44. The van der Waals surface area contributed by atoms with Crippen LogP contribution < -0.4 is 5.32 Å². The second kappa shape index (κ2) is 7.75. The quantitative estimate of drug-likeness (QED) is 0.665. The number of hydrogen-bond donors (Lipinski definition) is 1. The summed E-state index contributed by atoms with van der Waals surface area (Å²) in [4.78, 5) is 11.5. The molecule has 144 valence electrons. The van der Waals surface area contributed by atoms with Gasteiger partial charge in [-0.1, -0.05) is 31.2 Å². The molecule has 2 heterocycles. The predicted molar refractivity (Wildman–Crippen MR) is 110 cm³/mol. The maximum atomic E-state index is 4.83. The number of benzene rings is 1. The number of aromatic nitrogens is 2. The lowest BCUT2D eigenvalue weighted by Crippen LogP contribution is -2.49. The first-order chi connectivity index (χ1) is 13.2. The minimum Gasteiger partial charge on any atom is -0.353 e. The van der Waals surface area contributed by atoms with E-state index in [1.54, 1.807) is 0 Å². The molecule has 4 unspecified atom stereocenters. The lowest BCUT2D eigenvalue weighted by atomic mass is 9.93. The highest BCUT2D eigenvalue weighted by Crippen LogP contribution is 2.42. The van der Waals surface area contributed by atoms with E-state index >= 15 is 0 Å². The van der Waals surface area contributed by atoms with E-state index in [-0.39, 0.29) is 0 Å². The van der Waals surface area contributed by atoms with Crippen LogP contribution in [0.25, 0.3) is 0 Å². The van der Waals surface area contributed by atoms with Crippen molar-refractivity contribution in [3.05, 3.63) is 54.1 Å². The highest BCUT2D eigenvalue weighted by atomic mass is 15.3. The molecule has 1 aliphatic carbocycles. The molecule has 4 rings (SSSR count). The Hall–Kier alpha value is -2.30. The summed E-state index contributed by atoms with van der Waals surface area (Å²) < 4.78 is 2.26. The molecule has 1 saturated heterocycles. The van der Waals surface area contributed by atoms with Crippen molar-refractivity contribution < 1.29 is 0 Å². The average Bonchev–Trinajstić information content (AvgIpc) is 3.21. The van der Waals surface area contributed by atoms with Gasteiger partial charge in [-0.15, -0.1) is 0 Å². The normalized spacial score (nSPS) is 28.3. The van der Waals surface area contributed by atoms with Gasteiger partial charge in [-0.05, 0) is 43.7 Å². The van der Waals surface area contributed by atoms with E-state index in [1.165, 1.54) is 24.0 Å². The monoisotopic (exact) mass is 365 g/mol. The van der Waals surface area contributed by atoms with Crippen molar-refractivity contribution in [1.82, 2.24) is 19.8 Å². The van der Waals surface area contributed by atoms with Crippen molar-refractivity contribution in [3.8, 4) is 0 Å². The molecule has 2 aliphatic rings. The Morgan fingerprint density at radius 3 is 2.93 bits per heavy atom. The fourth-order valence-corrected chi connectivity index (χ4v) is 4.35. The van der Waals surface area contributed by atoms with E-state index in [0.717, 1.165) is 25.6 Å². The van der Waals surface area contributed by atoms with E-state index in [4.69, 9.17) is 4.99 Å². The van der Waals surface area contributed by atoms with Crippen LogP contribution in [0.4, 0.5) is 0 Å². The third-order valence-electron chi connectivity index (χ3n) is 6.13. The number of guanidine groups is 1. The first-order valence-corrected chi connectivity index (χ1v) is 10.3. The van der Waals surface area contributed by atoms with Crippen molar-refractivity contribution in [1.29, 1.82) is 0 Å². The van der Waals surface area contributed by atoms with Crippen LogP contribution in [0.2, 0.25) is 0 Å². The number of imidazole rings is 1. The summed E-state index contributed by atoms with van der Waals surface area (Å²) >= 11 is 0. The molecule has 4 atom stereocenters. The number of hydrogen-bond acceptors (Lipinski definition) is 2.